The van der Waals surface area contributed by atoms with E-state index in [4.69, 9.17) is 35.5 Å². The number of cyclic esters (lactones) is 1. The number of halogens is 1. The van der Waals surface area contributed by atoms with E-state index in [-0.39, 0.29) is 48.3 Å². The molecule has 1 aromatic heterocycles. The number of ether oxygens (including phenoxy) is 3. The van der Waals surface area contributed by atoms with Crippen molar-refractivity contribution in [1.29, 1.82) is 0 Å². The molecule has 2 N–H and O–H groups in total. The third-order valence-electron chi connectivity index (χ3n) is 8.86. The topological polar surface area (TPSA) is 244 Å². The first kappa shape index (κ1) is 42.8. The largest absolute Gasteiger partial charge is 0.461 e. The lowest BCUT2D eigenvalue weighted by Crippen LogP contribution is -2.57. The second kappa shape index (κ2) is 19.3. The molecule has 2 fully saturated rings. The second-order valence-corrected chi connectivity index (χ2v) is 14.3. The van der Waals surface area contributed by atoms with Crippen LogP contribution in [0.3, 0.4) is 0 Å². The molecular formula is C39H35ClN6O13S. The molecule has 0 radical (unpaired) electrons. The van der Waals surface area contributed by atoms with E-state index >= 15 is 0 Å². The van der Waals surface area contributed by atoms with E-state index in [9.17, 15) is 38.9 Å². The van der Waals surface area contributed by atoms with Crippen molar-refractivity contribution in [2.45, 2.75) is 56.8 Å². The number of amides is 3. The molecule has 3 heterocycles. The molecule has 4 aromatic rings. The van der Waals surface area contributed by atoms with Crippen LogP contribution >= 0.6 is 22.9 Å². The molecule has 3 amide bonds. The molecule has 2 unspecified atom stereocenters. The molecule has 3 aromatic carbocycles. The molecule has 2 aliphatic heterocycles. The maximum absolute atomic E-state index is 14.1. The number of aromatic nitrogens is 1. The quantitative estimate of drug-likeness (QED) is 0.0379. The molecule has 0 spiro atoms. The number of esters is 3. The van der Waals surface area contributed by atoms with Gasteiger partial charge in [-0.2, -0.15) is 5.06 Å². The summed E-state index contributed by atoms with van der Waals surface area (Å²) in [6.07, 6.45) is -2.83. The summed E-state index contributed by atoms with van der Waals surface area (Å²) in [6, 6.07) is 21.6. The van der Waals surface area contributed by atoms with Crippen LogP contribution in [0.15, 0.2) is 95.5 Å². The van der Waals surface area contributed by atoms with Gasteiger partial charge >= 0.3 is 23.6 Å². The fourth-order valence-electron chi connectivity index (χ4n) is 5.90. The van der Waals surface area contributed by atoms with E-state index in [1.165, 1.54) is 36.6 Å². The lowest BCUT2D eigenvalue weighted by molar-refractivity contribution is -0.384. The van der Waals surface area contributed by atoms with Gasteiger partial charge in [0.15, 0.2) is 16.9 Å². The minimum absolute atomic E-state index is 0.0540. The number of nitro benzene ring substituents is 1. The SMILES string of the molecule is CC(CC(=O)OCc1ccc([N+](=O)[O-])cc1)O/N=C(\C(=O)N[C@H]1CON(C2(C(=O)OC(c3ccccc3)c3ccccc3)CCC(=O)O2)C1=O)c1csc(NC(=O)CCl)n1. The molecule has 60 heavy (non-hydrogen) atoms. The van der Waals surface area contributed by atoms with Crippen molar-refractivity contribution in [2.75, 3.05) is 17.8 Å². The predicted octanol–water partition coefficient (Wildman–Crippen LogP) is 4.10. The third-order valence-corrected chi connectivity index (χ3v) is 9.86. The van der Waals surface area contributed by atoms with Crippen LogP contribution < -0.4 is 10.6 Å². The van der Waals surface area contributed by atoms with Gasteiger partial charge in [-0.1, -0.05) is 65.8 Å². The number of nitrogens with one attached hydrogen (secondary N) is 2. The van der Waals surface area contributed by atoms with Crippen molar-refractivity contribution in [1.82, 2.24) is 15.4 Å². The first-order valence-corrected chi connectivity index (χ1v) is 19.5. The number of carbonyl (C=O) groups is 6. The zero-order chi connectivity index (χ0) is 42.8. The van der Waals surface area contributed by atoms with Gasteiger partial charge in [0, 0.05) is 23.9 Å². The van der Waals surface area contributed by atoms with Crippen LogP contribution in [0.1, 0.15) is 54.7 Å². The Morgan fingerprint density at radius 1 is 1.05 bits per heavy atom. The van der Waals surface area contributed by atoms with Crippen LogP contribution in [0.2, 0.25) is 0 Å². The summed E-state index contributed by atoms with van der Waals surface area (Å²) in [4.78, 5) is 105. The third kappa shape index (κ3) is 10.3. The zero-order valence-corrected chi connectivity index (χ0v) is 33.1. The normalized spacial score (nSPS) is 18.1. The van der Waals surface area contributed by atoms with E-state index in [2.05, 4.69) is 20.8 Å². The first-order chi connectivity index (χ1) is 28.9. The van der Waals surface area contributed by atoms with Crippen LogP contribution in [0.4, 0.5) is 10.8 Å². The number of carbonyl (C=O) groups excluding carboxylic acids is 6. The molecular weight excluding hydrogens is 828 g/mol. The van der Waals surface area contributed by atoms with Gasteiger partial charge in [0.1, 0.15) is 36.9 Å². The van der Waals surface area contributed by atoms with Crippen molar-refractivity contribution in [2.24, 2.45) is 5.16 Å². The summed E-state index contributed by atoms with van der Waals surface area (Å²) in [5.74, 6) is -5.51. The highest BCUT2D eigenvalue weighted by Crippen LogP contribution is 2.38. The number of nitrogens with zero attached hydrogens (tertiary/aromatic N) is 4. The standard InChI is InChI=1S/C39H35ClN6O13S/c1-23(18-32(49)55-20-24-12-14-27(15-13-24)46(53)54)59-44-33(29-22-60-38(42-29)43-30(47)19-40)35(50)41-28-21-56-45(36(28)51)39(17-16-31(48)58-39)37(52)57-34(25-8-4-2-5-9-25)26-10-6-3-7-11-26/h2-15,22-23,28,34H,16-21H2,1H3,(H,41,50)(H,42,43,47)/b44-33-/t23?,28-,39?/m0/s1. The lowest BCUT2D eigenvalue weighted by Gasteiger charge is -2.34. The Balaban J connectivity index is 1.16. The van der Waals surface area contributed by atoms with Crippen molar-refractivity contribution in [3.05, 3.63) is 123 Å². The Labute approximate surface area is 349 Å². The Morgan fingerprint density at radius 3 is 2.32 bits per heavy atom. The van der Waals surface area contributed by atoms with Crippen LogP contribution in [-0.4, -0.2) is 86.7 Å². The average Bonchev–Trinajstić information content (AvgIpc) is 3.98. The molecule has 0 bridgehead atoms. The van der Waals surface area contributed by atoms with Gasteiger partial charge in [-0.25, -0.2) is 9.78 Å². The number of hydrogen-bond donors (Lipinski definition) is 2. The average molecular weight is 863 g/mol. The number of anilines is 1. The van der Waals surface area contributed by atoms with E-state index in [0.29, 0.717) is 21.8 Å². The highest BCUT2D eigenvalue weighted by atomic mass is 35.5. The molecule has 0 saturated carbocycles. The van der Waals surface area contributed by atoms with Gasteiger partial charge in [-0.15, -0.1) is 22.9 Å². The van der Waals surface area contributed by atoms with Gasteiger partial charge in [-0.3, -0.25) is 38.9 Å². The Morgan fingerprint density at radius 2 is 1.72 bits per heavy atom. The van der Waals surface area contributed by atoms with Crippen molar-refractivity contribution >= 4 is 75.1 Å². The van der Waals surface area contributed by atoms with Gasteiger partial charge < -0.3 is 29.7 Å². The van der Waals surface area contributed by atoms with E-state index < -0.39 is 76.8 Å². The molecule has 312 valence electrons. The minimum Gasteiger partial charge on any atom is -0.461 e. The summed E-state index contributed by atoms with van der Waals surface area (Å²) in [7, 11) is 0. The molecule has 0 aliphatic carbocycles. The molecule has 3 atom stereocenters. The number of hydroxylamine groups is 2. The van der Waals surface area contributed by atoms with Gasteiger partial charge in [0.05, 0.1) is 17.8 Å². The van der Waals surface area contributed by atoms with Gasteiger partial charge in [0.25, 0.3) is 17.5 Å². The Bertz CT molecular complexity index is 2240. The maximum atomic E-state index is 14.1. The fourth-order valence-corrected chi connectivity index (χ4v) is 6.68. The summed E-state index contributed by atoms with van der Waals surface area (Å²) in [5.41, 5.74) is -1.33. The van der Waals surface area contributed by atoms with Crippen molar-refractivity contribution < 1.29 is 57.6 Å². The van der Waals surface area contributed by atoms with Crippen LogP contribution in [0.5, 0.6) is 0 Å². The highest BCUT2D eigenvalue weighted by Gasteiger charge is 2.60. The van der Waals surface area contributed by atoms with Crippen molar-refractivity contribution in [3.8, 4) is 0 Å². The van der Waals surface area contributed by atoms with Crippen LogP contribution in [0.25, 0.3) is 0 Å². The number of rotatable bonds is 17. The number of nitro groups is 1. The first-order valence-electron chi connectivity index (χ1n) is 18.1. The van der Waals surface area contributed by atoms with Gasteiger partial charge in [0.2, 0.25) is 5.91 Å². The second-order valence-electron chi connectivity index (χ2n) is 13.2. The van der Waals surface area contributed by atoms with E-state index in [1.807, 2.05) is 0 Å². The maximum Gasteiger partial charge on any atom is 0.376 e. The lowest BCUT2D eigenvalue weighted by atomic mass is 10.0. The Hall–Kier alpha value is -6.77. The fraction of sp³-hybridized carbons (Fsp3) is 0.282. The monoisotopic (exact) mass is 862 g/mol. The highest BCUT2D eigenvalue weighted by molar-refractivity contribution is 7.14. The summed E-state index contributed by atoms with van der Waals surface area (Å²) in [5, 5.41) is 21.8. The summed E-state index contributed by atoms with van der Waals surface area (Å²) < 4.78 is 16.7. The number of oxime groups is 1. The van der Waals surface area contributed by atoms with Crippen molar-refractivity contribution in [3.63, 3.8) is 0 Å². The minimum atomic E-state index is -2.33. The molecule has 21 heteroatoms. The number of alkyl halides is 1. The molecule has 2 saturated heterocycles. The number of hydrogen-bond acceptors (Lipinski definition) is 16. The molecule has 19 nitrogen and oxygen atoms in total. The van der Waals surface area contributed by atoms with Gasteiger partial charge in [-0.05, 0) is 35.7 Å². The summed E-state index contributed by atoms with van der Waals surface area (Å²) >= 11 is 6.53. The zero-order valence-electron chi connectivity index (χ0n) is 31.5. The van der Waals surface area contributed by atoms with Crippen LogP contribution in [-0.2, 0) is 59.3 Å². The van der Waals surface area contributed by atoms with E-state index in [1.54, 1.807) is 60.7 Å². The molecule has 2 aliphatic rings. The number of thiazole rings is 1. The number of benzene rings is 3. The molecule has 6 rings (SSSR count). The smallest absolute Gasteiger partial charge is 0.376 e. The number of non-ortho nitro benzene ring substituents is 1. The summed E-state index contributed by atoms with van der Waals surface area (Å²) in [6.45, 7) is 0.785. The Kier molecular flexibility index (Phi) is 13.8. The van der Waals surface area contributed by atoms with E-state index in [0.717, 1.165) is 11.3 Å². The van der Waals surface area contributed by atoms with Crippen LogP contribution in [0, 0.1) is 10.1 Å². The predicted molar refractivity (Wildman–Crippen MR) is 210 cm³/mol.